The summed E-state index contributed by atoms with van der Waals surface area (Å²) in [6.07, 6.45) is 3.71. The second kappa shape index (κ2) is 2.39. The van der Waals surface area contributed by atoms with Crippen molar-refractivity contribution in [2.45, 2.75) is 6.54 Å². The zero-order valence-electron chi connectivity index (χ0n) is 7.03. The first-order valence-corrected chi connectivity index (χ1v) is 4.29. The molecule has 1 aliphatic heterocycles. The molecule has 0 spiro atoms. The monoisotopic (exact) mass is 170 g/mol. The Bertz CT molecular complexity index is 482. The largest absolute Gasteiger partial charge is 0.456 e. The summed E-state index contributed by atoms with van der Waals surface area (Å²) in [6.45, 7) is 0.739. The van der Waals surface area contributed by atoms with Gasteiger partial charge in [-0.1, -0.05) is 18.2 Å². The van der Waals surface area contributed by atoms with Crippen LogP contribution in [0, 0.1) is 0 Å². The van der Waals surface area contributed by atoms with Crippen LogP contribution in [0.15, 0.2) is 34.9 Å². The molecular weight excluding hydrogens is 162 g/mol. The highest BCUT2D eigenvalue weighted by molar-refractivity contribution is 5.84. The molecule has 0 unspecified atom stereocenters. The summed E-state index contributed by atoms with van der Waals surface area (Å²) in [5, 5.41) is 5.39. The summed E-state index contributed by atoms with van der Waals surface area (Å²) in [5.41, 5.74) is 2.16. The molecule has 0 saturated heterocycles. The smallest absolute Gasteiger partial charge is 0.135 e. The molecule has 3 rings (SSSR count). The van der Waals surface area contributed by atoms with E-state index in [1.54, 1.807) is 6.20 Å². The van der Waals surface area contributed by atoms with Gasteiger partial charge in [0.1, 0.15) is 11.3 Å². The van der Waals surface area contributed by atoms with E-state index >= 15 is 0 Å². The highest BCUT2D eigenvalue weighted by atomic mass is 16.3. The maximum Gasteiger partial charge on any atom is 0.135 e. The molecule has 0 bridgehead atoms. The predicted molar refractivity (Wildman–Crippen MR) is 51.1 cm³/mol. The van der Waals surface area contributed by atoms with Crippen LogP contribution in [0.2, 0.25) is 0 Å². The van der Waals surface area contributed by atoms with Crippen molar-refractivity contribution in [1.29, 1.82) is 0 Å². The molecule has 63 valence electrons. The van der Waals surface area contributed by atoms with E-state index in [4.69, 9.17) is 4.42 Å². The number of nitrogens with zero attached hydrogens (tertiary/aromatic N) is 1. The summed E-state index contributed by atoms with van der Waals surface area (Å²) in [6, 6.07) is 8.07. The fourth-order valence-corrected chi connectivity index (χ4v) is 1.68. The van der Waals surface area contributed by atoms with Crippen LogP contribution in [0.5, 0.6) is 0 Å². The van der Waals surface area contributed by atoms with Gasteiger partial charge in [0.05, 0.1) is 6.54 Å². The third-order valence-corrected chi connectivity index (χ3v) is 2.31. The van der Waals surface area contributed by atoms with E-state index in [0.717, 1.165) is 17.9 Å². The van der Waals surface area contributed by atoms with Gasteiger partial charge in [-0.05, 0) is 12.1 Å². The van der Waals surface area contributed by atoms with Gasteiger partial charge in [-0.15, -0.1) is 0 Å². The van der Waals surface area contributed by atoms with Gasteiger partial charge in [0.2, 0.25) is 0 Å². The molecule has 13 heavy (non-hydrogen) atoms. The van der Waals surface area contributed by atoms with Crippen LogP contribution in [0.3, 0.4) is 0 Å². The first-order chi connectivity index (χ1) is 6.45. The van der Waals surface area contributed by atoms with E-state index in [0.29, 0.717) is 0 Å². The number of rotatable bonds is 0. The van der Waals surface area contributed by atoms with Crippen molar-refractivity contribution in [2.24, 2.45) is 0 Å². The van der Waals surface area contributed by atoms with Crippen LogP contribution in [0.1, 0.15) is 11.3 Å². The lowest BCUT2D eigenvalue weighted by Crippen LogP contribution is -2.00. The topological polar surface area (TPSA) is 27.2 Å². The molecule has 0 fully saturated rings. The van der Waals surface area contributed by atoms with E-state index in [1.807, 2.05) is 24.3 Å². The molecule has 1 radical (unpaired) electrons. The standard InChI is InChI=1S/C11H8NO/c1-2-4-10-8(3-1)9-7-12-6-5-11(9)13-10/h1-6H,7H2. The molecule has 0 amide bonds. The number of hydrogen-bond donors (Lipinski definition) is 0. The number of benzene rings is 1. The molecule has 0 N–H and O–H groups in total. The zero-order chi connectivity index (χ0) is 8.67. The average molecular weight is 170 g/mol. The Labute approximate surface area is 75.9 Å². The van der Waals surface area contributed by atoms with Crippen molar-refractivity contribution >= 4 is 17.0 Å². The molecule has 1 aliphatic rings. The Morgan fingerprint density at radius 1 is 1.23 bits per heavy atom. The maximum atomic E-state index is 5.64. The summed E-state index contributed by atoms with van der Waals surface area (Å²) in [7, 11) is 0. The number of fused-ring (bicyclic) bond motifs is 3. The lowest BCUT2D eigenvalue weighted by molar-refractivity contribution is 0.591. The molecule has 0 atom stereocenters. The first kappa shape index (κ1) is 6.78. The van der Waals surface area contributed by atoms with Gasteiger partial charge in [0, 0.05) is 17.1 Å². The van der Waals surface area contributed by atoms with Gasteiger partial charge in [0.15, 0.2) is 0 Å². The van der Waals surface area contributed by atoms with E-state index < -0.39 is 0 Å². The SMILES string of the molecule is C1=Cc2oc3ccccc3c2C[N]1. The molecule has 2 heteroatoms. The van der Waals surface area contributed by atoms with Crippen molar-refractivity contribution in [1.82, 2.24) is 5.32 Å². The molecule has 1 aromatic carbocycles. The molecule has 1 aromatic heterocycles. The van der Waals surface area contributed by atoms with Crippen molar-refractivity contribution in [2.75, 3.05) is 0 Å². The third kappa shape index (κ3) is 0.886. The van der Waals surface area contributed by atoms with Crippen molar-refractivity contribution < 1.29 is 4.42 Å². The predicted octanol–water partition coefficient (Wildman–Crippen LogP) is 2.52. The number of hydrogen-bond acceptors (Lipinski definition) is 1. The Hall–Kier alpha value is -1.70. The van der Waals surface area contributed by atoms with Crippen LogP contribution in [0.4, 0.5) is 0 Å². The Morgan fingerprint density at radius 2 is 2.15 bits per heavy atom. The number of furan rings is 1. The third-order valence-electron chi connectivity index (χ3n) is 2.31. The molecule has 0 aliphatic carbocycles. The second-order valence-corrected chi connectivity index (χ2v) is 3.10. The van der Waals surface area contributed by atoms with Crippen LogP contribution >= 0.6 is 0 Å². The minimum Gasteiger partial charge on any atom is -0.456 e. The average Bonchev–Trinajstić information content (AvgIpc) is 2.56. The minimum absolute atomic E-state index is 0.739. The van der Waals surface area contributed by atoms with Gasteiger partial charge in [-0.3, -0.25) is 5.32 Å². The highest BCUT2D eigenvalue weighted by Crippen LogP contribution is 2.28. The first-order valence-electron chi connectivity index (χ1n) is 4.29. The van der Waals surface area contributed by atoms with Gasteiger partial charge in [-0.25, -0.2) is 0 Å². The van der Waals surface area contributed by atoms with E-state index in [9.17, 15) is 0 Å². The fourth-order valence-electron chi connectivity index (χ4n) is 1.68. The van der Waals surface area contributed by atoms with Crippen molar-refractivity contribution in [3.8, 4) is 0 Å². The zero-order valence-corrected chi connectivity index (χ0v) is 7.03. The van der Waals surface area contributed by atoms with Gasteiger partial charge < -0.3 is 4.42 Å². The van der Waals surface area contributed by atoms with Crippen LogP contribution in [-0.4, -0.2) is 0 Å². The van der Waals surface area contributed by atoms with Crippen LogP contribution in [-0.2, 0) is 6.54 Å². The molecule has 2 heterocycles. The van der Waals surface area contributed by atoms with Crippen LogP contribution < -0.4 is 5.32 Å². The van der Waals surface area contributed by atoms with Crippen molar-refractivity contribution in [3.05, 3.63) is 41.8 Å². The maximum absolute atomic E-state index is 5.64. The quantitative estimate of drug-likeness (QED) is 0.596. The summed E-state index contributed by atoms with van der Waals surface area (Å²) in [5.74, 6) is 0.955. The van der Waals surface area contributed by atoms with Gasteiger partial charge in [-0.2, -0.15) is 0 Å². The van der Waals surface area contributed by atoms with Gasteiger partial charge in [0.25, 0.3) is 0 Å². The Morgan fingerprint density at radius 3 is 3.15 bits per heavy atom. The Balaban J connectivity index is 2.41. The van der Waals surface area contributed by atoms with E-state index in [2.05, 4.69) is 11.4 Å². The van der Waals surface area contributed by atoms with Gasteiger partial charge >= 0.3 is 0 Å². The normalized spacial score (nSPS) is 14.2. The van der Waals surface area contributed by atoms with E-state index in [1.165, 1.54) is 10.9 Å². The lowest BCUT2D eigenvalue weighted by atomic mass is 10.1. The molecular formula is C11H8NO. The van der Waals surface area contributed by atoms with E-state index in [-0.39, 0.29) is 0 Å². The summed E-state index contributed by atoms with van der Waals surface area (Å²) < 4.78 is 5.64. The summed E-state index contributed by atoms with van der Waals surface area (Å²) >= 11 is 0. The lowest BCUT2D eigenvalue weighted by Gasteiger charge is -2.02. The molecule has 2 aromatic rings. The number of para-hydroxylation sites is 1. The fraction of sp³-hybridized carbons (Fsp3) is 0.0909. The summed E-state index contributed by atoms with van der Waals surface area (Å²) in [4.78, 5) is 0. The second-order valence-electron chi connectivity index (χ2n) is 3.10. The van der Waals surface area contributed by atoms with Crippen LogP contribution in [0.25, 0.3) is 17.0 Å². The molecule has 0 saturated carbocycles. The Kier molecular flexibility index (Phi) is 1.25. The van der Waals surface area contributed by atoms with Crippen molar-refractivity contribution in [3.63, 3.8) is 0 Å². The molecule has 2 nitrogen and oxygen atoms in total. The highest BCUT2D eigenvalue weighted by Gasteiger charge is 2.13. The minimum atomic E-state index is 0.739.